The van der Waals surface area contributed by atoms with Crippen molar-refractivity contribution in [3.05, 3.63) is 0 Å². The normalized spacial score (nSPS) is 19.5. The van der Waals surface area contributed by atoms with E-state index in [9.17, 15) is 45.6 Å². The Morgan fingerprint density at radius 3 is 0.956 bits per heavy atom. The number of methoxy groups -OCH3 is 5. The Morgan fingerprint density at radius 1 is 0.500 bits per heavy atom. The van der Waals surface area contributed by atoms with Crippen molar-refractivity contribution in [2.45, 2.75) is 68.9 Å². The second kappa shape index (κ2) is 36.5. The smallest absolute Gasteiger partial charge is 0.468 e. The van der Waals surface area contributed by atoms with Gasteiger partial charge in [-0.25, -0.2) is 8.98 Å². The van der Waals surface area contributed by atoms with E-state index in [-0.39, 0.29) is 31.6 Å². The van der Waals surface area contributed by atoms with Gasteiger partial charge in [-0.3, -0.25) is 38.8 Å². The standard InChI is InChI=1S/C26H50N6O8.C8H20N4.C6H10F3NO5S/c1-7-19(23(33)37-3)29-9-10-30(20(8-2)24(34)38-4)12-14-32(22(18-28)26(36)40-6)16-15-31(13-11-29)21(17-27)25(35)39-5;1-2-10-5-6-12-8-7-11-4-3-9-1;1-14-5(11)4(2-3-10)15-16(12,13)6(7,8)9/h19-22H,7-18,27-28H2,1-6H3;9-12H,1-8H2;4H,2-3,10H2,1H3. The molecular weight excluding hydrogens is 932 g/mol. The second-order valence-electron chi connectivity index (χ2n) is 15.2. The van der Waals surface area contributed by atoms with Gasteiger partial charge in [-0.15, -0.1) is 0 Å². The number of halogens is 3. The first-order valence-electron chi connectivity index (χ1n) is 22.6. The number of hydrogen-bond donors (Lipinski definition) is 7. The summed E-state index contributed by atoms with van der Waals surface area (Å²) in [5, 5.41) is 13.4. The third-order valence-electron chi connectivity index (χ3n) is 10.9. The highest BCUT2D eigenvalue weighted by atomic mass is 32.2. The molecule has 2 heterocycles. The summed E-state index contributed by atoms with van der Waals surface area (Å²) in [5.74, 6) is -2.88. The quantitative estimate of drug-likeness (QED) is 0.0318. The maximum atomic E-state index is 12.7. The minimum absolute atomic E-state index is 0.0310. The van der Waals surface area contributed by atoms with Crippen molar-refractivity contribution in [3.8, 4) is 0 Å². The average Bonchev–Trinajstić information content (AvgIpc) is 3.31. The number of esters is 5. The maximum Gasteiger partial charge on any atom is 0.523 e. The molecule has 400 valence electrons. The lowest BCUT2D eigenvalue weighted by molar-refractivity contribution is -0.151. The fourth-order valence-corrected chi connectivity index (χ4v) is 7.69. The van der Waals surface area contributed by atoms with Crippen LogP contribution in [0.4, 0.5) is 13.2 Å². The van der Waals surface area contributed by atoms with Crippen LogP contribution in [0.1, 0.15) is 33.1 Å². The summed E-state index contributed by atoms with van der Waals surface area (Å²) in [6, 6.07) is -2.46. The fraction of sp³-hybridized carbons (Fsp3) is 0.875. The second-order valence-corrected chi connectivity index (χ2v) is 16.7. The van der Waals surface area contributed by atoms with Gasteiger partial charge in [0.05, 0.1) is 35.5 Å². The maximum absolute atomic E-state index is 12.7. The number of nitrogens with zero attached hydrogens (tertiary/aromatic N) is 4. The fourth-order valence-electron chi connectivity index (χ4n) is 7.10. The Morgan fingerprint density at radius 2 is 0.750 bits per heavy atom. The third kappa shape index (κ3) is 24.0. The van der Waals surface area contributed by atoms with Gasteiger partial charge in [-0.05, 0) is 25.8 Å². The van der Waals surface area contributed by atoms with E-state index in [0.29, 0.717) is 65.2 Å². The van der Waals surface area contributed by atoms with Crippen LogP contribution in [0.15, 0.2) is 0 Å². The van der Waals surface area contributed by atoms with E-state index in [2.05, 4.69) is 30.2 Å². The number of nitrogens with two attached hydrogens (primary N) is 3. The van der Waals surface area contributed by atoms with Gasteiger partial charge >= 0.3 is 45.5 Å². The molecule has 0 saturated carbocycles. The zero-order chi connectivity index (χ0) is 51.7. The van der Waals surface area contributed by atoms with Crippen molar-refractivity contribution in [3.63, 3.8) is 0 Å². The van der Waals surface area contributed by atoms with Crippen LogP contribution in [-0.2, 0) is 62.0 Å². The highest BCUT2D eigenvalue weighted by Gasteiger charge is 2.49. The first kappa shape index (κ1) is 64.6. The average molecular weight is 1010 g/mol. The highest BCUT2D eigenvalue weighted by Crippen LogP contribution is 2.26. The van der Waals surface area contributed by atoms with Crippen LogP contribution in [0.25, 0.3) is 0 Å². The number of carbonyl (C=O) groups excluding carboxylic acids is 5. The Labute approximate surface area is 399 Å². The summed E-state index contributed by atoms with van der Waals surface area (Å²) in [4.78, 5) is 69.3. The largest absolute Gasteiger partial charge is 0.523 e. The molecule has 2 aliphatic heterocycles. The van der Waals surface area contributed by atoms with Crippen LogP contribution in [0.3, 0.4) is 0 Å². The highest BCUT2D eigenvalue weighted by molar-refractivity contribution is 7.87. The van der Waals surface area contributed by atoms with Gasteiger partial charge in [0, 0.05) is 118 Å². The zero-order valence-corrected chi connectivity index (χ0v) is 41.6. The van der Waals surface area contributed by atoms with Crippen LogP contribution < -0.4 is 38.5 Å². The number of alkyl halides is 3. The minimum atomic E-state index is -5.83. The SMILES string of the molecule is C1CNCCNCCNCCN1.CCC(C(=O)OC)N1CCN(C(CC)C(=O)OC)CCN(C(CN)C(=O)OC)CCN(C(CN)C(=O)OC)CC1.COC(=O)C(CCN)OS(=O)(=O)C(F)(F)F. The molecule has 0 aromatic rings. The van der Waals surface area contributed by atoms with Gasteiger partial charge in [0.25, 0.3) is 0 Å². The first-order valence-corrected chi connectivity index (χ1v) is 24.0. The molecule has 28 heteroatoms. The molecule has 0 amide bonds. The van der Waals surface area contributed by atoms with Crippen LogP contribution in [-0.4, -0.2) is 254 Å². The zero-order valence-electron chi connectivity index (χ0n) is 40.8. The molecule has 0 aromatic carbocycles. The van der Waals surface area contributed by atoms with Crippen molar-refractivity contribution in [2.24, 2.45) is 17.2 Å². The lowest BCUT2D eigenvalue weighted by Crippen LogP contribution is -2.58. The minimum Gasteiger partial charge on any atom is -0.468 e. The summed E-state index contributed by atoms with van der Waals surface area (Å²) < 4.78 is 84.8. The van der Waals surface area contributed by atoms with Crippen LogP contribution in [0.2, 0.25) is 0 Å². The van der Waals surface area contributed by atoms with E-state index in [1.54, 1.807) is 0 Å². The van der Waals surface area contributed by atoms with Gasteiger partial charge in [-0.1, -0.05) is 13.8 Å². The van der Waals surface area contributed by atoms with E-state index in [4.69, 9.17) is 36.1 Å². The predicted molar refractivity (Wildman–Crippen MR) is 245 cm³/mol. The summed E-state index contributed by atoms with van der Waals surface area (Å²) in [7, 11) is 0.391. The monoisotopic (exact) mass is 1010 g/mol. The van der Waals surface area contributed by atoms with Crippen molar-refractivity contribution in [1.29, 1.82) is 0 Å². The number of nitrogens with one attached hydrogen (secondary N) is 4. The first-order chi connectivity index (χ1) is 32.3. The van der Waals surface area contributed by atoms with Crippen molar-refractivity contribution in [1.82, 2.24) is 40.9 Å². The molecule has 0 aromatic heterocycles. The molecule has 0 bridgehead atoms. The van der Waals surface area contributed by atoms with E-state index in [0.717, 1.165) is 59.5 Å². The van der Waals surface area contributed by atoms with Crippen molar-refractivity contribution < 1.29 is 73.4 Å². The van der Waals surface area contributed by atoms with E-state index in [1.807, 2.05) is 33.4 Å². The Hall–Kier alpha value is -3.39. The lowest BCUT2D eigenvalue weighted by Gasteiger charge is -2.40. The molecular formula is C40H80F3N11O13S. The van der Waals surface area contributed by atoms with E-state index in [1.165, 1.54) is 28.4 Å². The predicted octanol–water partition coefficient (Wildman–Crippen LogP) is -3.79. The molecule has 0 spiro atoms. The number of carbonyl (C=O) groups is 5. The molecule has 2 aliphatic rings. The van der Waals surface area contributed by atoms with Crippen molar-refractivity contribution >= 4 is 40.0 Å². The topological polar surface area (TPSA) is 314 Å². The summed E-state index contributed by atoms with van der Waals surface area (Å²) >= 11 is 0. The molecule has 68 heavy (non-hydrogen) atoms. The Kier molecular flexibility index (Phi) is 34.7. The lowest BCUT2D eigenvalue weighted by atomic mass is 10.1. The Bertz CT molecular complexity index is 1360. The molecule has 2 saturated heterocycles. The van der Waals surface area contributed by atoms with Gasteiger partial charge in [0.1, 0.15) is 24.2 Å². The number of rotatable bonds is 17. The number of hydrogen-bond acceptors (Lipinski definition) is 24. The molecule has 2 fully saturated rings. The molecule has 10 N–H and O–H groups in total. The summed E-state index contributed by atoms with van der Waals surface area (Å²) in [6.07, 6.45) is -1.25. The van der Waals surface area contributed by atoms with E-state index >= 15 is 0 Å². The van der Waals surface area contributed by atoms with Crippen LogP contribution in [0.5, 0.6) is 0 Å². The van der Waals surface area contributed by atoms with E-state index < -0.39 is 70.2 Å². The molecule has 2 rings (SSSR count). The van der Waals surface area contributed by atoms with Crippen molar-refractivity contribution in [2.75, 3.05) is 160 Å². The third-order valence-corrected chi connectivity index (χ3v) is 12.0. The van der Waals surface area contributed by atoms with Gasteiger partial charge < -0.3 is 62.2 Å². The van der Waals surface area contributed by atoms with Gasteiger partial charge in [-0.2, -0.15) is 21.6 Å². The van der Waals surface area contributed by atoms with Crippen LogP contribution >= 0.6 is 0 Å². The molecule has 5 unspecified atom stereocenters. The summed E-state index contributed by atoms with van der Waals surface area (Å²) in [6.45, 7) is 15.4. The molecule has 24 nitrogen and oxygen atoms in total. The van der Waals surface area contributed by atoms with Gasteiger partial charge in [0.2, 0.25) is 0 Å². The molecule has 0 radical (unpaired) electrons. The molecule has 5 atom stereocenters. The molecule has 0 aliphatic carbocycles. The summed E-state index contributed by atoms with van der Waals surface area (Å²) in [5.41, 5.74) is 11.4. The Balaban J connectivity index is 0.00000129. The number of ether oxygens (including phenoxy) is 5. The van der Waals surface area contributed by atoms with Crippen LogP contribution in [0, 0.1) is 0 Å². The van der Waals surface area contributed by atoms with Gasteiger partial charge in [0.15, 0.2) is 6.10 Å².